The van der Waals surface area contributed by atoms with Crippen LogP contribution in [0.5, 0.6) is 5.75 Å². The zero-order valence-electron chi connectivity index (χ0n) is 19.5. The van der Waals surface area contributed by atoms with E-state index in [1.54, 1.807) is 36.4 Å². The van der Waals surface area contributed by atoms with Crippen LogP contribution in [0.25, 0.3) is 27.7 Å². The number of rotatable bonds is 6. The topological polar surface area (TPSA) is 86.5 Å². The number of fused-ring (bicyclic) bond motifs is 1. The number of benzene rings is 2. The molecule has 0 bridgehead atoms. The molecule has 0 aliphatic heterocycles. The molecule has 4 aromatic rings. The molecule has 4 rings (SSSR count). The van der Waals surface area contributed by atoms with Crippen LogP contribution in [-0.4, -0.2) is 54.5 Å². The number of alkyl halides is 3. The van der Waals surface area contributed by atoms with Crippen molar-refractivity contribution in [1.29, 1.82) is 0 Å². The standard InChI is InChI=1S/C25H21F3N4O4/c1-31(14-25(26,27)28)24-29-12-17-13-32(18-8-10-19(35-2)11-9-18)22(33)20(21(17)30-24)15-4-6-16(7-5-15)23(34)36-3/h4-13H,14H2,1-3H3. The van der Waals surface area contributed by atoms with Gasteiger partial charge in [0.25, 0.3) is 5.56 Å². The van der Waals surface area contributed by atoms with Gasteiger partial charge in [0, 0.05) is 30.5 Å². The molecular weight excluding hydrogens is 477 g/mol. The number of pyridine rings is 1. The number of carbonyl (C=O) groups excluding carboxylic acids is 1. The molecule has 11 heteroatoms. The zero-order valence-corrected chi connectivity index (χ0v) is 19.5. The molecule has 0 atom stereocenters. The zero-order chi connectivity index (χ0) is 26.0. The number of carbonyl (C=O) groups is 1. The van der Waals surface area contributed by atoms with Crippen LogP contribution in [0.15, 0.2) is 65.7 Å². The number of aromatic nitrogens is 3. The monoisotopic (exact) mass is 498 g/mol. The van der Waals surface area contributed by atoms with E-state index in [2.05, 4.69) is 9.97 Å². The third-order valence-corrected chi connectivity index (χ3v) is 5.45. The summed E-state index contributed by atoms with van der Waals surface area (Å²) in [4.78, 5) is 34.8. The molecule has 186 valence electrons. The van der Waals surface area contributed by atoms with E-state index in [0.29, 0.717) is 22.4 Å². The van der Waals surface area contributed by atoms with Gasteiger partial charge in [-0.1, -0.05) is 12.1 Å². The summed E-state index contributed by atoms with van der Waals surface area (Å²) in [6.07, 6.45) is -1.56. The fraction of sp³-hybridized carbons (Fsp3) is 0.200. The first-order chi connectivity index (χ1) is 17.1. The van der Waals surface area contributed by atoms with E-state index in [-0.39, 0.29) is 22.6 Å². The smallest absolute Gasteiger partial charge is 0.406 e. The first-order valence-corrected chi connectivity index (χ1v) is 10.6. The van der Waals surface area contributed by atoms with Crippen molar-refractivity contribution in [2.24, 2.45) is 0 Å². The SMILES string of the molecule is COC(=O)c1ccc(-c2c(=O)n(-c3ccc(OC)cc3)cc3cnc(N(C)CC(F)(F)F)nc23)cc1. The molecule has 0 unspecified atom stereocenters. The van der Waals surface area contributed by atoms with E-state index >= 15 is 0 Å². The highest BCUT2D eigenvalue weighted by Gasteiger charge is 2.30. The second-order valence-electron chi connectivity index (χ2n) is 7.89. The predicted molar refractivity (Wildman–Crippen MR) is 128 cm³/mol. The van der Waals surface area contributed by atoms with Gasteiger partial charge in [0.1, 0.15) is 12.3 Å². The van der Waals surface area contributed by atoms with Gasteiger partial charge < -0.3 is 14.4 Å². The molecule has 0 amide bonds. The molecule has 2 heterocycles. The van der Waals surface area contributed by atoms with Crippen LogP contribution in [0.1, 0.15) is 10.4 Å². The Morgan fingerprint density at radius 2 is 1.72 bits per heavy atom. The fourth-order valence-corrected chi connectivity index (χ4v) is 3.71. The summed E-state index contributed by atoms with van der Waals surface area (Å²) in [7, 11) is 4.00. The summed E-state index contributed by atoms with van der Waals surface area (Å²) in [5.41, 5.74) is 1.09. The molecule has 2 aromatic heterocycles. The van der Waals surface area contributed by atoms with E-state index in [0.717, 1.165) is 4.90 Å². The molecule has 8 nitrogen and oxygen atoms in total. The Hall–Kier alpha value is -4.41. The van der Waals surface area contributed by atoms with Crippen molar-refractivity contribution in [1.82, 2.24) is 14.5 Å². The Labute approximate surface area is 203 Å². The third-order valence-electron chi connectivity index (χ3n) is 5.45. The van der Waals surface area contributed by atoms with Gasteiger partial charge in [-0.05, 0) is 42.0 Å². The highest BCUT2D eigenvalue weighted by molar-refractivity contribution is 5.95. The van der Waals surface area contributed by atoms with Crippen LogP contribution in [0.4, 0.5) is 19.1 Å². The molecule has 0 aliphatic carbocycles. The van der Waals surface area contributed by atoms with Gasteiger partial charge in [-0.15, -0.1) is 0 Å². The van der Waals surface area contributed by atoms with Gasteiger partial charge in [-0.3, -0.25) is 9.36 Å². The predicted octanol–water partition coefficient (Wildman–Crippen LogP) is 4.24. The van der Waals surface area contributed by atoms with Gasteiger partial charge in [0.05, 0.1) is 30.9 Å². The maximum absolute atomic E-state index is 13.7. The lowest BCUT2D eigenvalue weighted by molar-refractivity contribution is -0.119. The van der Waals surface area contributed by atoms with Gasteiger partial charge in [-0.25, -0.2) is 14.8 Å². The molecule has 0 spiro atoms. The van der Waals surface area contributed by atoms with Crippen LogP contribution in [-0.2, 0) is 4.74 Å². The van der Waals surface area contributed by atoms with Crippen LogP contribution in [0.2, 0.25) is 0 Å². The van der Waals surface area contributed by atoms with Crippen molar-refractivity contribution in [2.75, 3.05) is 32.7 Å². The summed E-state index contributed by atoms with van der Waals surface area (Å²) in [5, 5.41) is 0.432. The van der Waals surface area contributed by atoms with Crippen molar-refractivity contribution in [3.63, 3.8) is 0 Å². The minimum Gasteiger partial charge on any atom is -0.497 e. The molecule has 0 radical (unpaired) electrons. The number of ether oxygens (including phenoxy) is 2. The highest BCUT2D eigenvalue weighted by atomic mass is 19.4. The van der Waals surface area contributed by atoms with Crippen LogP contribution in [0, 0.1) is 0 Å². The highest BCUT2D eigenvalue weighted by Crippen LogP contribution is 2.28. The van der Waals surface area contributed by atoms with Gasteiger partial charge in [0.15, 0.2) is 0 Å². The molecule has 0 N–H and O–H groups in total. The Morgan fingerprint density at radius 3 is 2.31 bits per heavy atom. The minimum absolute atomic E-state index is 0.142. The van der Waals surface area contributed by atoms with E-state index in [1.807, 2.05) is 0 Å². The van der Waals surface area contributed by atoms with Crippen molar-refractivity contribution in [2.45, 2.75) is 6.18 Å². The maximum Gasteiger partial charge on any atom is 0.406 e. The molecule has 0 fully saturated rings. The molecule has 0 aliphatic rings. The van der Waals surface area contributed by atoms with Crippen molar-refractivity contribution in [3.8, 4) is 22.6 Å². The minimum atomic E-state index is -4.46. The van der Waals surface area contributed by atoms with Crippen LogP contribution >= 0.6 is 0 Å². The Kier molecular flexibility index (Phi) is 6.65. The Bertz CT molecular complexity index is 1470. The fourth-order valence-electron chi connectivity index (χ4n) is 3.71. The lowest BCUT2D eigenvalue weighted by Gasteiger charge is -2.19. The summed E-state index contributed by atoms with van der Waals surface area (Å²) in [6.45, 7) is -1.26. The van der Waals surface area contributed by atoms with Crippen LogP contribution in [0.3, 0.4) is 0 Å². The normalized spacial score (nSPS) is 11.4. The number of hydrogen-bond donors (Lipinski definition) is 0. The average molecular weight is 498 g/mol. The average Bonchev–Trinajstić information content (AvgIpc) is 2.87. The van der Waals surface area contributed by atoms with Crippen molar-refractivity contribution >= 4 is 22.8 Å². The Morgan fingerprint density at radius 1 is 1.06 bits per heavy atom. The van der Waals surface area contributed by atoms with Gasteiger partial charge >= 0.3 is 12.1 Å². The summed E-state index contributed by atoms with van der Waals surface area (Å²) < 4.78 is 50.1. The summed E-state index contributed by atoms with van der Waals surface area (Å²) in [5.74, 6) is -0.130. The maximum atomic E-state index is 13.7. The number of anilines is 1. The third kappa shape index (κ3) is 4.99. The molecule has 0 saturated heterocycles. The molecule has 2 aromatic carbocycles. The molecular formula is C25H21F3N4O4. The van der Waals surface area contributed by atoms with Crippen molar-refractivity contribution < 1.29 is 27.4 Å². The molecule has 36 heavy (non-hydrogen) atoms. The van der Waals surface area contributed by atoms with Gasteiger partial charge in [-0.2, -0.15) is 13.2 Å². The number of halogens is 3. The van der Waals surface area contributed by atoms with Crippen LogP contribution < -0.4 is 15.2 Å². The Balaban J connectivity index is 1.94. The second-order valence-corrected chi connectivity index (χ2v) is 7.89. The van der Waals surface area contributed by atoms with E-state index < -0.39 is 24.2 Å². The van der Waals surface area contributed by atoms with E-state index in [9.17, 15) is 22.8 Å². The largest absolute Gasteiger partial charge is 0.497 e. The lowest BCUT2D eigenvalue weighted by atomic mass is 10.0. The lowest BCUT2D eigenvalue weighted by Crippen LogP contribution is -2.32. The summed E-state index contributed by atoms with van der Waals surface area (Å²) >= 11 is 0. The van der Waals surface area contributed by atoms with E-state index in [1.165, 1.54) is 50.4 Å². The second kappa shape index (κ2) is 9.68. The van der Waals surface area contributed by atoms with Gasteiger partial charge in [0.2, 0.25) is 5.95 Å². The quantitative estimate of drug-likeness (QED) is 0.368. The number of methoxy groups -OCH3 is 2. The first kappa shape index (κ1) is 24.7. The first-order valence-electron chi connectivity index (χ1n) is 10.6. The van der Waals surface area contributed by atoms with Crippen molar-refractivity contribution in [3.05, 3.63) is 76.8 Å². The molecule has 0 saturated carbocycles. The number of hydrogen-bond acceptors (Lipinski definition) is 7. The summed E-state index contributed by atoms with van der Waals surface area (Å²) in [6, 6.07) is 12.9. The van der Waals surface area contributed by atoms with E-state index in [4.69, 9.17) is 9.47 Å². The number of nitrogens with zero attached hydrogens (tertiary/aromatic N) is 4. The number of esters is 1.